The molecule has 1 atom stereocenters. The number of aliphatic hydroxyl groups excluding tert-OH is 1. The van der Waals surface area contributed by atoms with Crippen molar-refractivity contribution in [3.8, 4) is 18.2 Å². The van der Waals surface area contributed by atoms with Crippen molar-refractivity contribution in [1.29, 1.82) is 15.8 Å². The second-order valence-electron chi connectivity index (χ2n) is 4.61. The molecule has 0 saturated carbocycles. The first kappa shape index (κ1) is 15.5. The fourth-order valence-electron chi connectivity index (χ4n) is 2.03. The van der Waals surface area contributed by atoms with E-state index >= 15 is 0 Å². The van der Waals surface area contributed by atoms with Crippen molar-refractivity contribution >= 4 is 15.9 Å². The lowest BCUT2D eigenvalue weighted by Crippen LogP contribution is -2.56. The minimum absolute atomic E-state index is 0.0337. The minimum Gasteiger partial charge on any atom is -0.394 e. The number of nitrogens with one attached hydrogen (secondary N) is 1. The number of ether oxygens (including phenoxy) is 1. The van der Waals surface area contributed by atoms with Gasteiger partial charge in [0.05, 0.1) is 35.5 Å². The monoisotopic (exact) mass is 324 g/mol. The number of allylic oxidation sites excluding steroid dienone is 1. The molecule has 0 bridgehead atoms. The number of nitrogens with zero attached hydrogens (tertiary/aromatic N) is 3. The highest BCUT2D eigenvalue weighted by molar-refractivity contribution is 9.11. The molecule has 19 heavy (non-hydrogen) atoms. The highest BCUT2D eigenvalue weighted by Crippen LogP contribution is 2.51. The van der Waals surface area contributed by atoms with Gasteiger partial charge in [0.2, 0.25) is 0 Å². The van der Waals surface area contributed by atoms with Gasteiger partial charge in [-0.3, -0.25) is 0 Å². The number of nitriles is 3. The summed E-state index contributed by atoms with van der Waals surface area (Å²) in [6.07, 6.45) is -0.676. The quantitative estimate of drug-likeness (QED) is 0.752. The van der Waals surface area contributed by atoms with Crippen molar-refractivity contribution in [2.75, 3.05) is 13.2 Å². The third kappa shape index (κ3) is 2.19. The summed E-state index contributed by atoms with van der Waals surface area (Å²) >= 11 is 3.16. The SMILES string of the molecule is CC1(C)C(OCCO)NC(Br)=C(C#N)C1(C#N)C#N. The van der Waals surface area contributed by atoms with Crippen LogP contribution in [0.2, 0.25) is 0 Å². The molecular formula is C12H13BrN4O2. The number of halogens is 1. The second kappa shape index (κ2) is 5.59. The molecule has 0 fully saturated rings. The van der Waals surface area contributed by atoms with Crippen LogP contribution in [-0.4, -0.2) is 24.5 Å². The third-order valence-corrected chi connectivity index (χ3v) is 3.92. The van der Waals surface area contributed by atoms with E-state index in [0.717, 1.165) is 0 Å². The standard InChI is InChI=1S/C12H13BrN4O2/c1-11(2)10(19-4-3-18)17-9(13)8(5-14)12(11,6-15)7-16/h10,17-18H,3-4H2,1-2H3. The second-order valence-corrected chi connectivity index (χ2v) is 5.41. The van der Waals surface area contributed by atoms with Crippen LogP contribution in [0.1, 0.15) is 13.8 Å². The Hall–Kier alpha value is -1.59. The van der Waals surface area contributed by atoms with Crippen LogP contribution in [0.25, 0.3) is 0 Å². The average molecular weight is 325 g/mol. The largest absolute Gasteiger partial charge is 0.394 e. The lowest BCUT2D eigenvalue weighted by molar-refractivity contribution is -0.0790. The Bertz CT molecular complexity index is 507. The molecule has 1 rings (SSSR count). The number of aliphatic hydroxyl groups is 1. The molecule has 2 N–H and O–H groups in total. The van der Waals surface area contributed by atoms with Crippen molar-refractivity contribution in [2.45, 2.75) is 20.1 Å². The molecule has 0 aromatic heterocycles. The molecular weight excluding hydrogens is 312 g/mol. The van der Waals surface area contributed by atoms with Crippen LogP contribution in [0, 0.1) is 44.8 Å². The lowest BCUT2D eigenvalue weighted by Gasteiger charge is -2.46. The van der Waals surface area contributed by atoms with E-state index in [1.807, 2.05) is 18.2 Å². The molecule has 0 amide bonds. The molecule has 0 aromatic rings. The van der Waals surface area contributed by atoms with Gasteiger partial charge in [-0.1, -0.05) is 13.8 Å². The van der Waals surface area contributed by atoms with E-state index in [1.54, 1.807) is 13.8 Å². The smallest absolute Gasteiger partial charge is 0.190 e. The van der Waals surface area contributed by atoms with Crippen molar-refractivity contribution < 1.29 is 9.84 Å². The number of rotatable bonds is 3. The van der Waals surface area contributed by atoms with E-state index in [1.165, 1.54) is 0 Å². The van der Waals surface area contributed by atoms with Gasteiger partial charge in [0, 0.05) is 5.41 Å². The summed E-state index contributed by atoms with van der Waals surface area (Å²) in [5.74, 6) is 0. The van der Waals surface area contributed by atoms with Gasteiger partial charge < -0.3 is 15.2 Å². The maximum Gasteiger partial charge on any atom is 0.190 e. The highest BCUT2D eigenvalue weighted by atomic mass is 79.9. The predicted molar refractivity (Wildman–Crippen MR) is 69.0 cm³/mol. The molecule has 7 heteroatoms. The van der Waals surface area contributed by atoms with E-state index in [9.17, 15) is 15.8 Å². The first-order chi connectivity index (χ1) is 8.91. The molecule has 0 aliphatic carbocycles. The Labute approximate surface area is 120 Å². The average Bonchev–Trinajstić information content (AvgIpc) is 2.38. The Morgan fingerprint density at radius 1 is 1.37 bits per heavy atom. The van der Waals surface area contributed by atoms with Crippen LogP contribution in [0.4, 0.5) is 0 Å². The van der Waals surface area contributed by atoms with Crippen LogP contribution < -0.4 is 5.32 Å². The molecule has 100 valence electrons. The zero-order valence-electron chi connectivity index (χ0n) is 10.6. The van der Waals surface area contributed by atoms with E-state index in [4.69, 9.17) is 9.84 Å². The van der Waals surface area contributed by atoms with Crippen LogP contribution in [0.3, 0.4) is 0 Å². The summed E-state index contributed by atoms with van der Waals surface area (Å²) in [6.45, 7) is 3.24. The van der Waals surface area contributed by atoms with Gasteiger partial charge in [0.15, 0.2) is 5.41 Å². The Kier molecular flexibility index (Phi) is 4.55. The van der Waals surface area contributed by atoms with Crippen LogP contribution in [-0.2, 0) is 4.74 Å². The summed E-state index contributed by atoms with van der Waals surface area (Å²) in [5.41, 5.74) is -2.55. The van der Waals surface area contributed by atoms with Crippen LogP contribution in [0.5, 0.6) is 0 Å². The molecule has 6 nitrogen and oxygen atoms in total. The molecule has 1 unspecified atom stereocenters. The van der Waals surface area contributed by atoms with Gasteiger partial charge in [-0.15, -0.1) is 0 Å². The normalized spacial score (nSPS) is 23.7. The van der Waals surface area contributed by atoms with Gasteiger partial charge in [-0.05, 0) is 15.9 Å². The molecule has 1 heterocycles. The van der Waals surface area contributed by atoms with Crippen LogP contribution >= 0.6 is 15.9 Å². The summed E-state index contributed by atoms with van der Waals surface area (Å²) in [4.78, 5) is 0. The van der Waals surface area contributed by atoms with E-state index in [2.05, 4.69) is 21.2 Å². The first-order valence-electron chi connectivity index (χ1n) is 5.53. The highest BCUT2D eigenvalue weighted by Gasteiger charge is 2.58. The van der Waals surface area contributed by atoms with E-state index < -0.39 is 17.1 Å². The third-order valence-electron chi connectivity index (χ3n) is 3.30. The van der Waals surface area contributed by atoms with Crippen molar-refractivity contribution in [3.05, 3.63) is 10.2 Å². The zero-order valence-corrected chi connectivity index (χ0v) is 12.2. The predicted octanol–water partition coefficient (Wildman–Crippen LogP) is 1.11. The molecule has 0 saturated heterocycles. The lowest BCUT2D eigenvalue weighted by atomic mass is 9.61. The maximum atomic E-state index is 9.43. The molecule has 0 spiro atoms. The maximum absolute atomic E-state index is 9.43. The molecule has 0 radical (unpaired) electrons. The van der Waals surface area contributed by atoms with Gasteiger partial charge in [-0.25, -0.2) is 0 Å². The molecule has 0 aromatic carbocycles. The van der Waals surface area contributed by atoms with Gasteiger partial charge in [-0.2, -0.15) is 15.8 Å². The Balaban J connectivity index is 3.41. The zero-order chi connectivity index (χ0) is 14.7. The minimum atomic E-state index is -1.62. The van der Waals surface area contributed by atoms with Gasteiger partial charge in [0.25, 0.3) is 0 Å². The Morgan fingerprint density at radius 3 is 2.37 bits per heavy atom. The molecule has 1 aliphatic heterocycles. The summed E-state index contributed by atoms with van der Waals surface area (Å²) in [7, 11) is 0. The number of hydrogen-bond acceptors (Lipinski definition) is 6. The van der Waals surface area contributed by atoms with Gasteiger partial charge >= 0.3 is 0 Å². The van der Waals surface area contributed by atoms with E-state index in [-0.39, 0.29) is 23.4 Å². The van der Waals surface area contributed by atoms with Crippen molar-refractivity contribution in [1.82, 2.24) is 5.32 Å². The summed E-state index contributed by atoms with van der Waals surface area (Å²) < 4.78 is 5.70. The summed E-state index contributed by atoms with van der Waals surface area (Å²) in [6, 6.07) is 5.78. The first-order valence-corrected chi connectivity index (χ1v) is 6.32. The van der Waals surface area contributed by atoms with Crippen LogP contribution in [0.15, 0.2) is 10.2 Å². The van der Waals surface area contributed by atoms with Crippen molar-refractivity contribution in [2.24, 2.45) is 10.8 Å². The number of hydrogen-bond donors (Lipinski definition) is 2. The fourth-order valence-corrected chi connectivity index (χ4v) is 2.62. The van der Waals surface area contributed by atoms with Gasteiger partial charge in [0.1, 0.15) is 12.3 Å². The fraction of sp³-hybridized carbons (Fsp3) is 0.583. The topological polar surface area (TPSA) is 113 Å². The Morgan fingerprint density at radius 2 is 1.95 bits per heavy atom. The molecule has 1 aliphatic rings. The van der Waals surface area contributed by atoms with E-state index in [0.29, 0.717) is 0 Å². The van der Waals surface area contributed by atoms with Crippen molar-refractivity contribution in [3.63, 3.8) is 0 Å². The summed E-state index contributed by atoms with van der Waals surface area (Å²) in [5, 5.41) is 39.8.